The lowest BCUT2D eigenvalue weighted by atomic mass is 9.94. The third-order valence-electron chi connectivity index (χ3n) is 6.26. The van der Waals surface area contributed by atoms with Gasteiger partial charge in [-0.3, -0.25) is 14.4 Å². The average molecular weight is 493 g/mol. The fourth-order valence-electron chi connectivity index (χ4n) is 4.26. The van der Waals surface area contributed by atoms with E-state index in [0.29, 0.717) is 25.7 Å². The Kier molecular flexibility index (Phi) is 10.7. The van der Waals surface area contributed by atoms with Crippen LogP contribution in [0.5, 0.6) is 0 Å². The minimum atomic E-state index is -0.563. The van der Waals surface area contributed by atoms with Crippen LogP contribution in [-0.2, 0) is 32.0 Å². The van der Waals surface area contributed by atoms with Crippen molar-refractivity contribution in [3.05, 3.63) is 83.9 Å². The van der Waals surface area contributed by atoms with Crippen molar-refractivity contribution in [2.24, 2.45) is 11.8 Å². The molecule has 1 aliphatic heterocycles. The molecule has 0 aliphatic carbocycles. The number of hydrogen-bond acceptors (Lipinski definition) is 5. The second kappa shape index (κ2) is 14.2. The number of benzene rings is 2. The monoisotopic (exact) mass is 492 g/mol. The number of ether oxygens (including phenoxy) is 1. The third kappa shape index (κ3) is 8.96. The summed E-state index contributed by atoms with van der Waals surface area (Å²) >= 11 is 0. The summed E-state index contributed by atoms with van der Waals surface area (Å²) in [5.41, 5.74) is 2.07. The molecule has 0 unspecified atom stereocenters. The zero-order valence-corrected chi connectivity index (χ0v) is 20.8. The van der Waals surface area contributed by atoms with E-state index >= 15 is 0 Å². The van der Waals surface area contributed by atoms with Gasteiger partial charge in [0.15, 0.2) is 0 Å². The van der Waals surface area contributed by atoms with E-state index in [2.05, 4.69) is 10.6 Å². The molecule has 1 heterocycles. The van der Waals surface area contributed by atoms with Crippen molar-refractivity contribution in [1.29, 1.82) is 0 Å². The van der Waals surface area contributed by atoms with Crippen LogP contribution >= 0.6 is 0 Å². The molecule has 0 spiro atoms. The number of carbonyl (C=O) groups is 3. The lowest BCUT2D eigenvalue weighted by molar-refractivity contribution is -0.153. The second-order valence-corrected chi connectivity index (χ2v) is 9.36. The molecule has 2 aromatic rings. The highest BCUT2D eigenvalue weighted by Gasteiger charge is 2.26. The summed E-state index contributed by atoms with van der Waals surface area (Å²) in [5, 5.41) is 15.4. The second-order valence-electron chi connectivity index (χ2n) is 9.36. The van der Waals surface area contributed by atoms with Crippen molar-refractivity contribution in [2.45, 2.75) is 51.2 Å². The van der Waals surface area contributed by atoms with E-state index in [4.69, 9.17) is 4.74 Å². The quantitative estimate of drug-likeness (QED) is 0.388. The summed E-state index contributed by atoms with van der Waals surface area (Å²) in [6.07, 6.45) is 5.22. The molecule has 0 fully saturated rings. The SMILES string of the molecule is C[C@H]1CNC(=O)[C@@H](CC(=O)N[C@H](CO)Cc2ccccc2)CC=CC[C@@H](Cc2ccccc2)C(=O)O1. The fraction of sp³-hybridized carbons (Fsp3) is 0.414. The van der Waals surface area contributed by atoms with E-state index in [1.807, 2.05) is 72.8 Å². The van der Waals surface area contributed by atoms with E-state index < -0.39 is 18.1 Å². The van der Waals surface area contributed by atoms with Crippen molar-refractivity contribution in [3.8, 4) is 0 Å². The Balaban J connectivity index is 1.63. The van der Waals surface area contributed by atoms with Crippen LogP contribution in [-0.4, -0.2) is 48.2 Å². The molecule has 2 amide bonds. The molecule has 2 aromatic carbocycles. The van der Waals surface area contributed by atoms with Gasteiger partial charge in [0, 0.05) is 6.42 Å². The van der Waals surface area contributed by atoms with Crippen LogP contribution in [0.1, 0.15) is 37.3 Å². The predicted octanol–water partition coefficient (Wildman–Crippen LogP) is 2.97. The van der Waals surface area contributed by atoms with Gasteiger partial charge in [-0.15, -0.1) is 0 Å². The van der Waals surface area contributed by atoms with Gasteiger partial charge in [0.25, 0.3) is 0 Å². The van der Waals surface area contributed by atoms with Crippen LogP contribution in [0, 0.1) is 11.8 Å². The summed E-state index contributed by atoms with van der Waals surface area (Å²) < 4.78 is 5.60. The number of amides is 2. The normalized spacial score (nSPS) is 21.9. The van der Waals surface area contributed by atoms with Crippen molar-refractivity contribution in [1.82, 2.24) is 10.6 Å². The maximum Gasteiger partial charge on any atom is 0.309 e. The van der Waals surface area contributed by atoms with Gasteiger partial charge in [-0.25, -0.2) is 0 Å². The van der Waals surface area contributed by atoms with Crippen molar-refractivity contribution in [2.75, 3.05) is 13.2 Å². The van der Waals surface area contributed by atoms with Crippen LogP contribution in [0.4, 0.5) is 0 Å². The van der Waals surface area contributed by atoms with Gasteiger partial charge in [-0.05, 0) is 43.7 Å². The average Bonchev–Trinajstić information content (AvgIpc) is 2.88. The number of rotatable bonds is 8. The summed E-state index contributed by atoms with van der Waals surface area (Å²) in [7, 11) is 0. The van der Waals surface area contributed by atoms with Gasteiger partial charge >= 0.3 is 5.97 Å². The van der Waals surface area contributed by atoms with Gasteiger partial charge in [0.1, 0.15) is 6.10 Å². The molecule has 0 saturated heterocycles. The lowest BCUT2D eigenvalue weighted by Crippen LogP contribution is -2.43. The Labute approximate surface area is 212 Å². The molecule has 192 valence electrons. The Morgan fingerprint density at radius 1 is 1.00 bits per heavy atom. The van der Waals surface area contributed by atoms with Crippen LogP contribution in [0.25, 0.3) is 0 Å². The topological polar surface area (TPSA) is 105 Å². The highest BCUT2D eigenvalue weighted by Crippen LogP contribution is 2.18. The number of nitrogens with one attached hydrogen (secondary N) is 2. The standard InChI is InChI=1S/C29H36N2O5/c1-21-19-30-28(34)24(18-27(33)31-26(20-32)17-23-12-6-3-7-13-23)14-8-9-15-25(29(35)36-21)16-22-10-4-2-5-11-22/h2-13,21,24-26,32H,14-20H2,1H3,(H,30,34)(H,31,33)/t21-,24+,25-,26-/m0/s1. The first-order valence-electron chi connectivity index (χ1n) is 12.6. The molecule has 3 rings (SSSR count). The number of hydrogen-bond donors (Lipinski definition) is 3. The molecule has 4 atom stereocenters. The molecule has 0 radical (unpaired) electrons. The maximum atomic E-state index is 12.8. The molecular formula is C29H36N2O5. The van der Waals surface area contributed by atoms with Crippen molar-refractivity contribution < 1.29 is 24.2 Å². The zero-order valence-electron chi connectivity index (χ0n) is 20.8. The highest BCUT2D eigenvalue weighted by atomic mass is 16.5. The molecule has 0 bridgehead atoms. The van der Waals surface area contributed by atoms with E-state index in [-0.39, 0.29) is 43.3 Å². The Morgan fingerprint density at radius 3 is 2.25 bits per heavy atom. The summed E-state index contributed by atoms with van der Waals surface area (Å²) in [6, 6.07) is 19.0. The van der Waals surface area contributed by atoms with E-state index in [0.717, 1.165) is 11.1 Å². The first kappa shape index (κ1) is 27.1. The predicted molar refractivity (Wildman–Crippen MR) is 138 cm³/mol. The maximum absolute atomic E-state index is 12.8. The summed E-state index contributed by atoms with van der Waals surface area (Å²) in [5.74, 6) is -1.72. The number of esters is 1. The molecule has 7 heteroatoms. The summed E-state index contributed by atoms with van der Waals surface area (Å²) in [4.78, 5) is 38.3. The lowest BCUT2D eigenvalue weighted by Gasteiger charge is -2.22. The molecule has 1 aliphatic rings. The minimum absolute atomic E-state index is 0.00305. The first-order valence-corrected chi connectivity index (χ1v) is 12.6. The zero-order chi connectivity index (χ0) is 25.8. The summed E-state index contributed by atoms with van der Waals surface area (Å²) in [6.45, 7) is 1.73. The van der Waals surface area contributed by atoms with Crippen molar-refractivity contribution >= 4 is 17.8 Å². The number of allylic oxidation sites excluding steroid dienone is 2. The van der Waals surface area contributed by atoms with Crippen LogP contribution in [0.3, 0.4) is 0 Å². The third-order valence-corrected chi connectivity index (χ3v) is 6.26. The van der Waals surface area contributed by atoms with Crippen LogP contribution < -0.4 is 10.6 Å². The smallest absolute Gasteiger partial charge is 0.309 e. The Bertz CT molecular complexity index is 1010. The molecule has 7 nitrogen and oxygen atoms in total. The molecule has 36 heavy (non-hydrogen) atoms. The first-order chi connectivity index (χ1) is 17.4. The molecule has 3 N–H and O–H groups in total. The van der Waals surface area contributed by atoms with E-state index in [1.54, 1.807) is 6.92 Å². The Morgan fingerprint density at radius 2 is 1.61 bits per heavy atom. The highest BCUT2D eigenvalue weighted by molar-refractivity contribution is 5.86. The molecule has 0 aromatic heterocycles. The number of aliphatic hydroxyl groups excluding tert-OH is 1. The van der Waals surface area contributed by atoms with Crippen molar-refractivity contribution in [3.63, 3.8) is 0 Å². The number of aliphatic hydroxyl groups is 1. The fourth-order valence-corrected chi connectivity index (χ4v) is 4.26. The number of carbonyl (C=O) groups excluding carboxylic acids is 3. The Hall–Kier alpha value is -3.45. The largest absolute Gasteiger partial charge is 0.461 e. The van der Waals surface area contributed by atoms with Crippen LogP contribution in [0.15, 0.2) is 72.8 Å². The van der Waals surface area contributed by atoms with E-state index in [9.17, 15) is 19.5 Å². The van der Waals surface area contributed by atoms with Gasteiger partial charge in [-0.1, -0.05) is 72.8 Å². The van der Waals surface area contributed by atoms with Gasteiger partial charge < -0.3 is 20.5 Å². The van der Waals surface area contributed by atoms with E-state index in [1.165, 1.54) is 0 Å². The minimum Gasteiger partial charge on any atom is -0.461 e. The van der Waals surface area contributed by atoms with Gasteiger partial charge in [-0.2, -0.15) is 0 Å². The van der Waals surface area contributed by atoms with Gasteiger partial charge in [0.2, 0.25) is 11.8 Å². The van der Waals surface area contributed by atoms with Gasteiger partial charge in [0.05, 0.1) is 31.0 Å². The molecular weight excluding hydrogens is 456 g/mol. The van der Waals surface area contributed by atoms with Crippen LogP contribution in [0.2, 0.25) is 0 Å². The number of cyclic esters (lactones) is 1. The molecule has 0 saturated carbocycles.